The van der Waals surface area contributed by atoms with Crippen LogP contribution in [0.5, 0.6) is 0 Å². The van der Waals surface area contributed by atoms with E-state index >= 15 is 0 Å². The van der Waals surface area contributed by atoms with E-state index in [2.05, 4.69) is 9.88 Å². The van der Waals surface area contributed by atoms with Crippen LogP contribution in [0.2, 0.25) is 0 Å². The Hall–Kier alpha value is -1.47. The molecule has 27 heavy (non-hydrogen) atoms. The summed E-state index contributed by atoms with van der Waals surface area (Å²) in [6.45, 7) is 3.73. The van der Waals surface area contributed by atoms with E-state index in [1.807, 2.05) is 17.2 Å². The van der Waals surface area contributed by atoms with Crippen molar-refractivity contribution in [3.8, 4) is 0 Å². The number of anilines is 1. The van der Waals surface area contributed by atoms with Gasteiger partial charge in [-0.05, 0) is 51.5 Å². The van der Waals surface area contributed by atoms with E-state index in [1.54, 1.807) is 6.20 Å². The Labute approximate surface area is 165 Å². The molecular weight excluding hydrogens is 362 g/mol. The molecule has 2 fully saturated rings. The average Bonchev–Trinajstić information content (AvgIpc) is 3.21. The van der Waals surface area contributed by atoms with Crippen molar-refractivity contribution in [1.29, 1.82) is 0 Å². The second kappa shape index (κ2) is 9.64. The lowest BCUT2D eigenvalue weighted by atomic mass is 9.91. The number of likely N-dealkylation sites (tertiary alicyclic amines) is 1. The Morgan fingerprint density at radius 1 is 1.30 bits per heavy atom. The topological polar surface area (TPSA) is 73.7 Å². The van der Waals surface area contributed by atoms with Crippen LogP contribution in [0.25, 0.3) is 0 Å². The van der Waals surface area contributed by atoms with Gasteiger partial charge in [-0.1, -0.05) is 19.3 Å². The van der Waals surface area contributed by atoms with E-state index in [0.717, 1.165) is 43.9 Å². The summed E-state index contributed by atoms with van der Waals surface area (Å²) in [6, 6.07) is 0.0657. The lowest BCUT2D eigenvalue weighted by Crippen LogP contribution is -2.53. The number of carbonyl (C=O) groups excluding carboxylic acids is 1. The van der Waals surface area contributed by atoms with E-state index < -0.39 is 5.97 Å². The molecule has 2 unspecified atom stereocenters. The number of amides is 1. The predicted octanol–water partition coefficient (Wildman–Crippen LogP) is 3.77. The van der Waals surface area contributed by atoms with Gasteiger partial charge in [0, 0.05) is 30.6 Å². The van der Waals surface area contributed by atoms with Crippen LogP contribution in [-0.4, -0.2) is 52.0 Å². The number of hydrogen-bond acceptors (Lipinski definition) is 5. The molecule has 0 bridgehead atoms. The number of rotatable bonds is 7. The van der Waals surface area contributed by atoms with Gasteiger partial charge in [-0.15, -0.1) is 11.3 Å². The number of aliphatic carboxylic acids is 1. The molecule has 6 nitrogen and oxygen atoms in total. The van der Waals surface area contributed by atoms with E-state index in [1.165, 1.54) is 30.6 Å². The van der Waals surface area contributed by atoms with E-state index in [-0.39, 0.29) is 24.4 Å². The first-order valence-corrected chi connectivity index (χ1v) is 11.1. The molecule has 7 heteroatoms. The fourth-order valence-electron chi connectivity index (χ4n) is 4.47. The first-order chi connectivity index (χ1) is 13.1. The molecule has 3 rings (SSSR count). The van der Waals surface area contributed by atoms with E-state index in [4.69, 9.17) is 5.11 Å². The molecule has 2 heterocycles. The third-order valence-corrected chi connectivity index (χ3v) is 6.80. The Kier molecular flexibility index (Phi) is 7.24. The Morgan fingerprint density at radius 3 is 2.74 bits per heavy atom. The third kappa shape index (κ3) is 5.29. The van der Waals surface area contributed by atoms with Crippen LogP contribution in [0.1, 0.15) is 64.7 Å². The van der Waals surface area contributed by atoms with Crippen molar-refractivity contribution in [2.75, 3.05) is 18.0 Å². The number of thiazole rings is 1. The summed E-state index contributed by atoms with van der Waals surface area (Å²) in [5.74, 6) is -0.215. The highest BCUT2D eigenvalue weighted by atomic mass is 32.1. The average molecular weight is 394 g/mol. The molecule has 1 N–H and O–H groups in total. The first-order valence-electron chi connectivity index (χ1n) is 10.2. The summed E-state index contributed by atoms with van der Waals surface area (Å²) in [5, 5.41) is 11.7. The molecule has 0 aromatic carbocycles. The maximum absolute atomic E-state index is 13.5. The van der Waals surface area contributed by atoms with Crippen LogP contribution in [0.15, 0.2) is 11.6 Å². The van der Waals surface area contributed by atoms with E-state index in [0.29, 0.717) is 12.3 Å². The lowest BCUT2D eigenvalue weighted by molar-refractivity contribution is -0.137. The largest absolute Gasteiger partial charge is 0.481 e. The summed E-state index contributed by atoms with van der Waals surface area (Å²) in [4.78, 5) is 33.0. The second-order valence-electron chi connectivity index (χ2n) is 7.93. The maximum atomic E-state index is 13.5. The number of aromatic nitrogens is 1. The van der Waals surface area contributed by atoms with Crippen LogP contribution in [-0.2, 0) is 9.59 Å². The molecule has 1 aliphatic carbocycles. The molecule has 2 aliphatic rings. The fraction of sp³-hybridized carbons (Fsp3) is 0.750. The summed E-state index contributed by atoms with van der Waals surface area (Å²) in [7, 11) is 0. The molecule has 1 saturated carbocycles. The maximum Gasteiger partial charge on any atom is 0.303 e. The smallest absolute Gasteiger partial charge is 0.303 e. The van der Waals surface area contributed by atoms with Crippen molar-refractivity contribution in [1.82, 2.24) is 9.88 Å². The van der Waals surface area contributed by atoms with Crippen LogP contribution >= 0.6 is 11.3 Å². The van der Waals surface area contributed by atoms with Gasteiger partial charge < -0.3 is 5.11 Å². The predicted molar refractivity (Wildman–Crippen MR) is 107 cm³/mol. The molecule has 0 radical (unpaired) electrons. The molecular formula is C20H31N3O3S. The van der Waals surface area contributed by atoms with Gasteiger partial charge in [-0.2, -0.15) is 0 Å². The molecule has 1 aliphatic heterocycles. The highest BCUT2D eigenvalue weighted by molar-refractivity contribution is 7.13. The number of carboxylic acid groups (broad SMARTS) is 1. The van der Waals surface area contributed by atoms with Crippen molar-refractivity contribution in [3.63, 3.8) is 0 Å². The quantitative estimate of drug-likeness (QED) is 0.763. The summed E-state index contributed by atoms with van der Waals surface area (Å²) in [5.41, 5.74) is 0. The lowest BCUT2D eigenvalue weighted by Gasteiger charge is -2.40. The fourth-order valence-corrected chi connectivity index (χ4v) is 5.19. The van der Waals surface area contributed by atoms with Crippen molar-refractivity contribution >= 4 is 28.3 Å². The minimum atomic E-state index is -0.733. The van der Waals surface area contributed by atoms with Gasteiger partial charge in [0.05, 0.1) is 6.04 Å². The summed E-state index contributed by atoms with van der Waals surface area (Å²) in [6.07, 6.45) is 10.5. The summed E-state index contributed by atoms with van der Waals surface area (Å²) >= 11 is 1.54. The number of hydrogen-bond donors (Lipinski definition) is 1. The third-order valence-electron chi connectivity index (χ3n) is 6.02. The monoisotopic (exact) mass is 393 g/mol. The standard InChI is InChI=1S/C20H31N3O3S/c1-15(22-12-5-6-16(14-22)9-10-18(24)25)19(26)23(20-21-11-13-27-20)17-7-3-2-4-8-17/h11,13,15-17H,2-10,12,14H2,1H3,(H,24,25). The van der Waals surface area contributed by atoms with Crippen LogP contribution < -0.4 is 4.90 Å². The zero-order valence-electron chi connectivity index (χ0n) is 16.2. The summed E-state index contributed by atoms with van der Waals surface area (Å²) < 4.78 is 0. The van der Waals surface area contributed by atoms with Crippen molar-refractivity contribution < 1.29 is 14.7 Å². The number of carboxylic acids is 1. The van der Waals surface area contributed by atoms with Gasteiger partial charge in [0.15, 0.2) is 5.13 Å². The Morgan fingerprint density at radius 2 is 2.07 bits per heavy atom. The van der Waals surface area contributed by atoms with Gasteiger partial charge in [-0.3, -0.25) is 19.4 Å². The number of nitrogens with zero attached hydrogens (tertiary/aromatic N) is 3. The van der Waals surface area contributed by atoms with Crippen LogP contribution in [0, 0.1) is 5.92 Å². The highest BCUT2D eigenvalue weighted by Crippen LogP contribution is 2.31. The first kappa shape index (κ1) is 20.3. The molecule has 1 amide bonds. The minimum Gasteiger partial charge on any atom is -0.481 e. The van der Waals surface area contributed by atoms with Crippen LogP contribution in [0.3, 0.4) is 0 Å². The Balaban J connectivity index is 1.68. The van der Waals surface area contributed by atoms with Crippen LogP contribution in [0.4, 0.5) is 5.13 Å². The SMILES string of the molecule is CC(C(=O)N(c1nccs1)C1CCCCC1)N1CCCC(CCC(=O)O)C1. The highest BCUT2D eigenvalue weighted by Gasteiger charge is 2.35. The number of carbonyl (C=O) groups is 2. The number of piperidine rings is 1. The molecule has 150 valence electrons. The zero-order chi connectivity index (χ0) is 19.2. The van der Waals surface area contributed by atoms with Gasteiger partial charge in [0.1, 0.15) is 0 Å². The van der Waals surface area contributed by atoms with Gasteiger partial charge in [0.2, 0.25) is 5.91 Å². The van der Waals surface area contributed by atoms with Crippen molar-refractivity contribution in [2.24, 2.45) is 5.92 Å². The molecule has 1 aromatic heterocycles. The molecule has 0 spiro atoms. The van der Waals surface area contributed by atoms with E-state index in [9.17, 15) is 9.59 Å². The van der Waals surface area contributed by atoms with Gasteiger partial charge in [0.25, 0.3) is 0 Å². The Bertz CT molecular complexity index is 616. The molecule has 2 atom stereocenters. The van der Waals surface area contributed by atoms with Crippen molar-refractivity contribution in [2.45, 2.75) is 76.8 Å². The van der Waals surface area contributed by atoms with Gasteiger partial charge in [-0.25, -0.2) is 4.98 Å². The van der Waals surface area contributed by atoms with Gasteiger partial charge >= 0.3 is 5.97 Å². The zero-order valence-corrected chi connectivity index (χ0v) is 17.0. The van der Waals surface area contributed by atoms with Crippen molar-refractivity contribution in [3.05, 3.63) is 11.6 Å². The molecule has 1 aromatic rings. The minimum absolute atomic E-state index is 0.149. The normalized spacial score (nSPS) is 23.1. The molecule has 1 saturated heterocycles. The second-order valence-corrected chi connectivity index (χ2v) is 8.80.